The van der Waals surface area contributed by atoms with E-state index in [0.29, 0.717) is 47.7 Å². The van der Waals surface area contributed by atoms with Gasteiger partial charge in [-0.15, -0.1) is 0 Å². The Hall–Kier alpha value is -5.77. The molecule has 0 saturated carbocycles. The van der Waals surface area contributed by atoms with Crippen LogP contribution in [0.15, 0.2) is 108 Å². The van der Waals surface area contributed by atoms with Crippen molar-refractivity contribution in [1.82, 2.24) is 20.7 Å². The third-order valence-electron chi connectivity index (χ3n) is 11.2. The van der Waals surface area contributed by atoms with Gasteiger partial charge in [-0.1, -0.05) is 69.9 Å². The lowest BCUT2D eigenvalue weighted by molar-refractivity contribution is -0.152. The minimum atomic E-state index is -1.34. The fourth-order valence-electron chi connectivity index (χ4n) is 7.47. The summed E-state index contributed by atoms with van der Waals surface area (Å²) in [5, 5.41) is 40.5. The van der Waals surface area contributed by atoms with Crippen LogP contribution in [0, 0.1) is 23.6 Å². The number of phenolic OH excluding ortho intramolecular Hbond substituents is 1. The van der Waals surface area contributed by atoms with E-state index in [0.717, 1.165) is 6.07 Å². The number of esters is 1. The lowest BCUT2D eigenvalue weighted by atomic mass is 9.84. The molecule has 63 heavy (non-hydrogen) atoms. The number of ketones is 1. The molecule has 2 aliphatic heterocycles. The number of amides is 2. The van der Waals surface area contributed by atoms with Gasteiger partial charge in [0.1, 0.15) is 35.3 Å². The number of aliphatic hydroxyl groups is 2. The fraction of sp³-hybridized carbons (Fsp3) is 0.458. The number of hydrogen-bond acceptors (Lipinski definition) is 12. The largest absolute Gasteiger partial charge is 0.508 e. The maximum absolute atomic E-state index is 14.6. The number of cyclic esters (lactones) is 1. The number of aliphatic imine (C=N–C) groups is 1. The summed E-state index contributed by atoms with van der Waals surface area (Å²) in [6, 6.07) is 6.68. The molecule has 2 bridgehead atoms. The van der Waals surface area contributed by atoms with Crippen LogP contribution in [-0.2, 0) is 30.3 Å². The molecule has 2 amide bonds. The van der Waals surface area contributed by atoms with E-state index in [1.807, 2.05) is 13.8 Å². The minimum absolute atomic E-state index is 0.0376. The highest BCUT2D eigenvalue weighted by Crippen LogP contribution is 2.26. The molecule has 0 spiro atoms. The van der Waals surface area contributed by atoms with Crippen LogP contribution in [0.25, 0.3) is 0 Å². The van der Waals surface area contributed by atoms with Crippen molar-refractivity contribution in [1.29, 1.82) is 0 Å². The quantitative estimate of drug-likeness (QED) is 0.0953. The zero-order valence-corrected chi connectivity index (χ0v) is 37.0. The van der Waals surface area contributed by atoms with Crippen molar-refractivity contribution in [3.63, 3.8) is 0 Å². The first kappa shape index (κ1) is 49.9. The number of hydrogen-bond donors (Lipinski definition) is 6. The van der Waals surface area contributed by atoms with Gasteiger partial charge in [0.2, 0.25) is 11.8 Å². The number of pyridine rings is 1. The van der Waals surface area contributed by atoms with Gasteiger partial charge < -0.3 is 40.5 Å². The smallest absolute Gasteiger partial charge is 0.325 e. The lowest BCUT2D eigenvalue weighted by Crippen LogP contribution is -2.54. The maximum atomic E-state index is 14.6. The topological polar surface area (TPSA) is 203 Å². The van der Waals surface area contributed by atoms with E-state index in [9.17, 15) is 38.9 Å². The Labute approximate surface area is 369 Å². The van der Waals surface area contributed by atoms with Gasteiger partial charge in [0.25, 0.3) is 0 Å². The monoisotopic (exact) mass is 870 g/mol. The van der Waals surface area contributed by atoms with Gasteiger partial charge in [-0.2, -0.15) is 0 Å². The van der Waals surface area contributed by atoms with E-state index in [2.05, 4.69) is 27.6 Å². The van der Waals surface area contributed by atoms with Gasteiger partial charge in [-0.05, 0) is 81.4 Å². The van der Waals surface area contributed by atoms with Crippen LogP contribution < -0.4 is 16.1 Å². The molecule has 0 radical (unpaired) electrons. The molecule has 3 heterocycles. The molecule has 6 N–H and O–H groups in total. The molecule has 15 heteroatoms. The van der Waals surface area contributed by atoms with Crippen LogP contribution in [0.3, 0.4) is 0 Å². The number of rotatable bonds is 10. The number of Topliss-reactive ketones (excluding diaryl/α,β-unsaturated/α-hetero) is 1. The van der Waals surface area contributed by atoms with Gasteiger partial charge in [0, 0.05) is 61.5 Å². The Balaban J connectivity index is 1.74. The summed E-state index contributed by atoms with van der Waals surface area (Å²) in [4.78, 5) is 61.9. The third-order valence-corrected chi connectivity index (χ3v) is 11.2. The second kappa shape index (κ2) is 24.2. The maximum Gasteiger partial charge on any atom is 0.325 e. The van der Waals surface area contributed by atoms with Gasteiger partial charge in [-0.3, -0.25) is 19.4 Å². The third kappa shape index (κ3) is 15.5. The standard InChI is InChI=1S/C48H63FN6O8/c1-29(2)45-33(6)51-40(27-35-25-36(49)28-37(57)26-35)34(7)55-24-14-16-39(54-55)48(62)63-42(30(3)15-13-20-44(59)52-43-19-11-12-23-50-43)18-10-8-9-17-41(58)32(5)46(60)38(47(61)53-45)22-21-31(4)56/h8-13,15,17,19-20,23,25-26,28-29,32,38-42,45-46,54,57-58,60H,7,14,16,18,21-22,24,27H2,1-6H3,(H,53,61)(H,50,52,59). The van der Waals surface area contributed by atoms with Crippen molar-refractivity contribution >= 4 is 35.1 Å². The number of allylic oxidation sites excluding steroid dienone is 4. The number of anilines is 1. The van der Waals surface area contributed by atoms with Crippen LogP contribution in [0.4, 0.5) is 10.2 Å². The highest BCUT2D eigenvalue weighted by atomic mass is 19.1. The van der Waals surface area contributed by atoms with E-state index in [4.69, 9.17) is 9.73 Å². The van der Waals surface area contributed by atoms with Gasteiger partial charge in [-0.25, -0.2) is 14.8 Å². The Kier molecular flexibility index (Phi) is 19.1. The number of aromatic hydroxyl groups is 1. The first-order chi connectivity index (χ1) is 29.9. The Bertz CT molecular complexity index is 2050. The van der Waals surface area contributed by atoms with Crippen molar-refractivity contribution in [2.45, 2.75) is 117 Å². The van der Waals surface area contributed by atoms with Crippen molar-refractivity contribution < 1.29 is 43.6 Å². The predicted octanol–water partition coefficient (Wildman–Crippen LogP) is 5.83. The van der Waals surface area contributed by atoms with Crippen molar-refractivity contribution in [2.75, 3.05) is 11.9 Å². The summed E-state index contributed by atoms with van der Waals surface area (Å²) in [5.74, 6) is -4.16. The summed E-state index contributed by atoms with van der Waals surface area (Å²) in [6.45, 7) is 15.2. The molecular formula is C48H63FN6O8. The number of nitrogens with one attached hydrogen (secondary N) is 3. The summed E-state index contributed by atoms with van der Waals surface area (Å²) < 4.78 is 20.7. The molecule has 1 aromatic carbocycles. The lowest BCUT2D eigenvalue weighted by Gasteiger charge is -2.38. The number of aliphatic hydroxyl groups excluding tert-OH is 2. The predicted molar refractivity (Wildman–Crippen MR) is 241 cm³/mol. The molecule has 8 atom stereocenters. The average Bonchev–Trinajstić information content (AvgIpc) is 3.23. The molecule has 8 unspecified atom stereocenters. The highest BCUT2D eigenvalue weighted by Gasteiger charge is 2.36. The number of nitrogens with zero attached hydrogens (tertiary/aromatic N) is 3. The number of hydrazine groups is 1. The molecule has 1 saturated heterocycles. The minimum Gasteiger partial charge on any atom is -0.508 e. The first-order valence-electron chi connectivity index (χ1n) is 21.4. The van der Waals surface area contributed by atoms with E-state index >= 15 is 0 Å². The Morgan fingerprint density at radius 3 is 2.59 bits per heavy atom. The summed E-state index contributed by atoms with van der Waals surface area (Å²) in [7, 11) is 0. The van der Waals surface area contributed by atoms with Gasteiger partial charge in [0.05, 0.1) is 30.2 Å². The number of phenols is 1. The highest BCUT2D eigenvalue weighted by molar-refractivity contribution is 5.98. The van der Waals surface area contributed by atoms with E-state index in [-0.39, 0.29) is 43.1 Å². The van der Waals surface area contributed by atoms with Crippen LogP contribution in [0.1, 0.15) is 79.2 Å². The number of halogens is 1. The number of carbonyl (C=O) groups is 4. The summed E-state index contributed by atoms with van der Waals surface area (Å²) in [5.41, 5.74) is 5.28. The number of carbonyl (C=O) groups excluding carboxylic acids is 4. The molecule has 340 valence electrons. The van der Waals surface area contributed by atoms with Crippen LogP contribution in [0.5, 0.6) is 5.75 Å². The summed E-state index contributed by atoms with van der Waals surface area (Å²) in [6.07, 6.45) is 10.8. The second-order valence-electron chi connectivity index (χ2n) is 16.6. The molecule has 2 aromatic rings. The zero-order chi connectivity index (χ0) is 46.2. The Morgan fingerprint density at radius 1 is 1.14 bits per heavy atom. The average molecular weight is 871 g/mol. The van der Waals surface area contributed by atoms with Crippen molar-refractivity contribution in [3.05, 3.63) is 114 Å². The molecule has 1 fully saturated rings. The second-order valence-corrected chi connectivity index (χ2v) is 16.6. The van der Waals surface area contributed by atoms with Crippen molar-refractivity contribution in [2.24, 2.45) is 22.7 Å². The van der Waals surface area contributed by atoms with Gasteiger partial charge >= 0.3 is 5.97 Å². The molecule has 14 nitrogen and oxygen atoms in total. The summed E-state index contributed by atoms with van der Waals surface area (Å²) >= 11 is 0. The van der Waals surface area contributed by atoms with Crippen molar-refractivity contribution in [3.8, 4) is 5.75 Å². The fourth-order valence-corrected chi connectivity index (χ4v) is 7.47. The number of benzene rings is 1. The molecular weight excluding hydrogens is 808 g/mol. The molecule has 4 rings (SSSR count). The van der Waals surface area contributed by atoms with Gasteiger partial charge in [0.15, 0.2) is 0 Å². The van der Waals surface area contributed by atoms with E-state index < -0.39 is 71.9 Å². The number of fused-ring (bicyclic) bond motifs is 2. The van der Waals surface area contributed by atoms with Crippen LogP contribution in [0.2, 0.25) is 0 Å². The van der Waals surface area contributed by atoms with Crippen LogP contribution >= 0.6 is 0 Å². The van der Waals surface area contributed by atoms with E-state index in [1.54, 1.807) is 80.6 Å². The normalized spacial score (nSPS) is 26.1. The zero-order valence-electron chi connectivity index (χ0n) is 37.0. The Morgan fingerprint density at radius 2 is 1.90 bits per heavy atom. The molecule has 1 aromatic heterocycles. The molecule has 0 aliphatic carbocycles. The molecule has 2 aliphatic rings. The number of aromatic nitrogens is 1. The van der Waals surface area contributed by atoms with E-state index in [1.165, 1.54) is 31.2 Å². The first-order valence-corrected chi connectivity index (χ1v) is 21.4. The van der Waals surface area contributed by atoms with Crippen LogP contribution in [-0.4, -0.2) is 97.6 Å². The number of ether oxygens (including phenoxy) is 1. The SMILES string of the molecule is C=C1C(Cc2cc(O)cc(F)c2)N=C(C)C(C(C)C)NC(=O)C(CCC(C)=O)C(O)C(C)C(O)C=CC=CCC(C(C)=CC=CC(=O)Nc2ccccn2)OC(=O)C2CCCN1N2.